The molecule has 4 heteroatoms. The summed E-state index contributed by atoms with van der Waals surface area (Å²) in [6.07, 6.45) is 6.21. The van der Waals surface area contributed by atoms with Gasteiger partial charge < -0.3 is 14.4 Å². The molecule has 0 aromatic heterocycles. The second-order valence-corrected chi connectivity index (χ2v) is 10.2. The summed E-state index contributed by atoms with van der Waals surface area (Å²) in [6, 6.07) is 4.81. The Morgan fingerprint density at radius 3 is 2.41 bits per heavy atom. The molecular formula is C25H37NO3. The number of amides is 1. The predicted octanol–water partition coefficient (Wildman–Crippen LogP) is 4.65. The minimum absolute atomic E-state index is 0.0403. The van der Waals surface area contributed by atoms with Gasteiger partial charge in [0.1, 0.15) is 5.75 Å². The molecular weight excluding hydrogens is 362 g/mol. The molecule has 0 radical (unpaired) electrons. The molecule has 1 aliphatic heterocycles. The molecule has 1 aromatic rings. The number of nitrogens with zero attached hydrogens (tertiary/aromatic N) is 1. The predicted molar refractivity (Wildman–Crippen MR) is 115 cm³/mol. The fourth-order valence-electron chi connectivity index (χ4n) is 6.31. The van der Waals surface area contributed by atoms with Crippen molar-refractivity contribution in [3.05, 3.63) is 28.8 Å². The number of carbonyl (C=O) groups is 1. The lowest BCUT2D eigenvalue weighted by molar-refractivity contribution is -0.150. The molecule has 2 atom stereocenters. The molecule has 2 bridgehead atoms. The third-order valence-electron chi connectivity index (χ3n) is 8.75. The number of benzene rings is 1. The SMILES string of the molecule is COc1cc2c(cc1C)[C@]1(C)CCN(C(=O)C3CCC(OC)CC3)[C@@H](C2)C1(C)C. The highest BCUT2D eigenvalue weighted by atomic mass is 16.5. The van der Waals surface area contributed by atoms with E-state index in [9.17, 15) is 4.79 Å². The number of hydrogen-bond acceptors (Lipinski definition) is 3. The molecule has 1 aromatic carbocycles. The zero-order chi connectivity index (χ0) is 21.0. The zero-order valence-corrected chi connectivity index (χ0v) is 19.0. The van der Waals surface area contributed by atoms with Crippen LogP contribution in [0, 0.1) is 18.3 Å². The number of methoxy groups -OCH3 is 2. The van der Waals surface area contributed by atoms with Crippen LogP contribution in [0.3, 0.4) is 0 Å². The molecule has 4 rings (SSSR count). The van der Waals surface area contributed by atoms with Crippen LogP contribution in [-0.4, -0.2) is 43.7 Å². The molecule has 160 valence electrons. The summed E-state index contributed by atoms with van der Waals surface area (Å²) in [7, 11) is 3.53. The molecule has 0 N–H and O–H groups in total. The van der Waals surface area contributed by atoms with Gasteiger partial charge in [-0.3, -0.25) is 4.79 Å². The standard InChI is InChI=1S/C25H37NO3/c1-16-13-20-18(14-21(16)29-6)15-22-24(2,3)25(20,4)11-12-26(22)23(27)17-7-9-19(28-5)10-8-17/h13-14,17,19,22H,7-12,15H2,1-6H3/t17?,19?,22-,25-/m0/s1. The van der Waals surface area contributed by atoms with Crippen molar-refractivity contribution in [1.29, 1.82) is 0 Å². The van der Waals surface area contributed by atoms with Gasteiger partial charge in [-0.1, -0.05) is 26.8 Å². The fourth-order valence-corrected chi connectivity index (χ4v) is 6.31. The van der Waals surface area contributed by atoms with E-state index in [0.29, 0.717) is 12.0 Å². The topological polar surface area (TPSA) is 38.8 Å². The van der Waals surface area contributed by atoms with Gasteiger partial charge in [0.15, 0.2) is 0 Å². The van der Waals surface area contributed by atoms with E-state index in [1.54, 1.807) is 14.2 Å². The van der Waals surface area contributed by atoms with Crippen molar-refractivity contribution in [2.75, 3.05) is 20.8 Å². The highest BCUT2D eigenvalue weighted by molar-refractivity contribution is 5.80. The van der Waals surface area contributed by atoms with E-state index in [2.05, 4.69) is 44.7 Å². The normalized spacial score (nSPS) is 33.2. The Morgan fingerprint density at radius 2 is 1.79 bits per heavy atom. The van der Waals surface area contributed by atoms with Crippen LogP contribution in [0.25, 0.3) is 0 Å². The van der Waals surface area contributed by atoms with Gasteiger partial charge in [0.2, 0.25) is 5.91 Å². The molecule has 1 saturated carbocycles. The second kappa shape index (κ2) is 7.30. The smallest absolute Gasteiger partial charge is 0.225 e. The summed E-state index contributed by atoms with van der Waals surface area (Å²) < 4.78 is 11.1. The first kappa shape index (κ1) is 20.7. The lowest BCUT2D eigenvalue weighted by Crippen LogP contribution is -2.65. The Morgan fingerprint density at radius 1 is 1.10 bits per heavy atom. The number of likely N-dealkylation sites (tertiary alicyclic amines) is 1. The molecule has 1 heterocycles. The molecule has 3 aliphatic rings. The van der Waals surface area contributed by atoms with Crippen LogP contribution in [0.1, 0.15) is 69.6 Å². The third kappa shape index (κ3) is 3.10. The molecule has 0 unspecified atom stereocenters. The Hall–Kier alpha value is -1.55. The second-order valence-electron chi connectivity index (χ2n) is 10.2. The minimum Gasteiger partial charge on any atom is -0.496 e. The quantitative estimate of drug-likeness (QED) is 0.743. The molecule has 1 amide bonds. The zero-order valence-electron chi connectivity index (χ0n) is 19.0. The first-order valence-corrected chi connectivity index (χ1v) is 11.2. The van der Waals surface area contributed by atoms with E-state index in [-0.39, 0.29) is 22.8 Å². The van der Waals surface area contributed by atoms with Gasteiger partial charge in [0.25, 0.3) is 0 Å². The van der Waals surface area contributed by atoms with Crippen molar-refractivity contribution in [3.63, 3.8) is 0 Å². The van der Waals surface area contributed by atoms with Gasteiger partial charge >= 0.3 is 0 Å². The van der Waals surface area contributed by atoms with Crippen LogP contribution in [0.15, 0.2) is 12.1 Å². The summed E-state index contributed by atoms with van der Waals surface area (Å²) in [5.74, 6) is 1.50. The highest BCUT2D eigenvalue weighted by Gasteiger charge is 2.57. The summed E-state index contributed by atoms with van der Waals surface area (Å²) in [6.45, 7) is 10.2. The van der Waals surface area contributed by atoms with Crippen LogP contribution < -0.4 is 4.74 Å². The van der Waals surface area contributed by atoms with E-state index >= 15 is 0 Å². The van der Waals surface area contributed by atoms with Crippen LogP contribution in [-0.2, 0) is 21.4 Å². The Kier molecular flexibility index (Phi) is 5.21. The number of aryl methyl sites for hydroxylation is 1. The number of fused-ring (bicyclic) bond motifs is 4. The maximum Gasteiger partial charge on any atom is 0.225 e. The van der Waals surface area contributed by atoms with Crippen LogP contribution in [0.4, 0.5) is 0 Å². The number of ether oxygens (including phenoxy) is 2. The number of piperidine rings is 1. The van der Waals surface area contributed by atoms with E-state index < -0.39 is 0 Å². The highest BCUT2D eigenvalue weighted by Crippen LogP contribution is 2.57. The summed E-state index contributed by atoms with van der Waals surface area (Å²) in [4.78, 5) is 15.8. The molecule has 1 saturated heterocycles. The number of hydrogen-bond donors (Lipinski definition) is 0. The molecule has 2 fully saturated rings. The molecule has 0 spiro atoms. The van der Waals surface area contributed by atoms with Gasteiger partial charge in [-0.25, -0.2) is 0 Å². The average molecular weight is 400 g/mol. The summed E-state index contributed by atoms with van der Waals surface area (Å²) in [5.41, 5.74) is 4.14. The average Bonchev–Trinajstić information content (AvgIpc) is 2.71. The maximum atomic E-state index is 13.6. The lowest BCUT2D eigenvalue weighted by atomic mass is 9.50. The molecule has 4 nitrogen and oxygen atoms in total. The van der Waals surface area contributed by atoms with Crippen molar-refractivity contribution < 1.29 is 14.3 Å². The molecule has 2 aliphatic carbocycles. The summed E-state index contributed by atoms with van der Waals surface area (Å²) in [5, 5.41) is 0. The first-order valence-electron chi connectivity index (χ1n) is 11.2. The Labute approximate surface area is 175 Å². The maximum absolute atomic E-state index is 13.6. The van der Waals surface area contributed by atoms with E-state index in [0.717, 1.165) is 50.8 Å². The van der Waals surface area contributed by atoms with E-state index in [1.807, 2.05) is 0 Å². The van der Waals surface area contributed by atoms with Crippen molar-refractivity contribution in [1.82, 2.24) is 4.90 Å². The van der Waals surface area contributed by atoms with Crippen molar-refractivity contribution in [2.45, 2.75) is 83.8 Å². The summed E-state index contributed by atoms with van der Waals surface area (Å²) >= 11 is 0. The third-order valence-corrected chi connectivity index (χ3v) is 8.75. The number of carbonyl (C=O) groups excluding carboxylic acids is 1. The van der Waals surface area contributed by atoms with Crippen molar-refractivity contribution in [3.8, 4) is 5.75 Å². The fraction of sp³-hybridized carbons (Fsp3) is 0.720. The van der Waals surface area contributed by atoms with Crippen LogP contribution in [0.2, 0.25) is 0 Å². The monoisotopic (exact) mass is 399 g/mol. The minimum atomic E-state index is 0.0403. The molecule has 29 heavy (non-hydrogen) atoms. The van der Waals surface area contributed by atoms with E-state index in [4.69, 9.17) is 9.47 Å². The Bertz CT molecular complexity index is 794. The van der Waals surface area contributed by atoms with Crippen LogP contribution in [0.5, 0.6) is 5.75 Å². The van der Waals surface area contributed by atoms with Gasteiger partial charge in [-0.05, 0) is 73.6 Å². The van der Waals surface area contributed by atoms with Gasteiger partial charge in [0.05, 0.1) is 13.2 Å². The van der Waals surface area contributed by atoms with Gasteiger partial charge in [-0.15, -0.1) is 0 Å². The number of rotatable bonds is 3. The Balaban J connectivity index is 1.65. The van der Waals surface area contributed by atoms with Crippen LogP contribution >= 0.6 is 0 Å². The largest absolute Gasteiger partial charge is 0.496 e. The van der Waals surface area contributed by atoms with Crippen molar-refractivity contribution >= 4 is 5.91 Å². The lowest BCUT2D eigenvalue weighted by Gasteiger charge is -2.61. The van der Waals surface area contributed by atoms with Gasteiger partial charge in [-0.2, -0.15) is 0 Å². The van der Waals surface area contributed by atoms with Gasteiger partial charge in [0, 0.05) is 31.0 Å². The van der Waals surface area contributed by atoms with E-state index in [1.165, 1.54) is 16.7 Å². The first-order chi connectivity index (χ1) is 13.7. The van der Waals surface area contributed by atoms with Crippen molar-refractivity contribution in [2.24, 2.45) is 11.3 Å².